The molecule has 6 heteroatoms. The molecule has 0 spiro atoms. The van der Waals surface area contributed by atoms with Gasteiger partial charge in [-0.1, -0.05) is 6.08 Å². The molecule has 0 unspecified atom stereocenters. The lowest BCUT2D eigenvalue weighted by molar-refractivity contribution is -0.114. The van der Waals surface area contributed by atoms with E-state index >= 15 is 0 Å². The van der Waals surface area contributed by atoms with Gasteiger partial charge in [-0.25, -0.2) is 0 Å². The van der Waals surface area contributed by atoms with Gasteiger partial charge in [-0.2, -0.15) is 0 Å². The third-order valence-corrected chi connectivity index (χ3v) is 5.99. The Labute approximate surface area is 184 Å². The highest BCUT2D eigenvalue weighted by atomic mass is 16.5. The number of hydrogen-bond acceptors (Lipinski definition) is 5. The Balaban J connectivity index is 1.26. The largest absolute Gasteiger partial charge is 0.501 e. The van der Waals surface area contributed by atoms with Crippen LogP contribution in [0.1, 0.15) is 32.1 Å². The second-order valence-electron chi connectivity index (χ2n) is 8.16. The number of likely N-dealkylation sites (tertiary alicyclic amines) is 1. The molecular weight excluding hydrogens is 392 g/mol. The summed E-state index contributed by atoms with van der Waals surface area (Å²) < 4.78 is 17.1. The number of methoxy groups -OCH3 is 1. The van der Waals surface area contributed by atoms with Crippen molar-refractivity contribution in [1.29, 1.82) is 0 Å². The Hall–Kier alpha value is -2.73. The molecule has 1 aromatic carbocycles. The van der Waals surface area contributed by atoms with E-state index in [0.29, 0.717) is 26.2 Å². The highest BCUT2D eigenvalue weighted by molar-refractivity contribution is 6.02. The molecule has 1 aliphatic carbocycles. The second kappa shape index (κ2) is 10.5. The van der Waals surface area contributed by atoms with Crippen LogP contribution >= 0.6 is 0 Å². The molecule has 166 valence electrons. The maximum absolute atomic E-state index is 12.6. The van der Waals surface area contributed by atoms with Gasteiger partial charge >= 0.3 is 0 Å². The zero-order valence-corrected chi connectivity index (χ0v) is 18.3. The van der Waals surface area contributed by atoms with E-state index in [2.05, 4.69) is 11.0 Å². The quantitative estimate of drug-likeness (QED) is 0.599. The lowest BCUT2D eigenvalue weighted by atomic mass is 10.1. The van der Waals surface area contributed by atoms with Gasteiger partial charge in [-0.15, -0.1) is 0 Å². The maximum Gasteiger partial charge on any atom is 0.254 e. The summed E-state index contributed by atoms with van der Waals surface area (Å²) in [5.74, 6) is 2.51. The molecule has 1 aromatic rings. The molecule has 0 radical (unpaired) electrons. The van der Waals surface area contributed by atoms with E-state index in [4.69, 9.17) is 14.2 Å². The molecule has 2 heterocycles. The summed E-state index contributed by atoms with van der Waals surface area (Å²) >= 11 is 0. The maximum atomic E-state index is 12.6. The van der Waals surface area contributed by atoms with Crippen LogP contribution in [-0.2, 0) is 14.3 Å². The van der Waals surface area contributed by atoms with Crippen molar-refractivity contribution < 1.29 is 19.0 Å². The van der Waals surface area contributed by atoms with Gasteiger partial charge in [0.05, 0.1) is 12.9 Å². The normalized spacial score (nSPS) is 19.6. The van der Waals surface area contributed by atoms with Crippen LogP contribution in [0.2, 0.25) is 0 Å². The summed E-state index contributed by atoms with van der Waals surface area (Å²) in [6.45, 7) is 5.11. The smallest absolute Gasteiger partial charge is 0.254 e. The number of benzene rings is 1. The first-order valence-corrected chi connectivity index (χ1v) is 11.2. The predicted octanol–water partition coefficient (Wildman–Crippen LogP) is 4.05. The zero-order chi connectivity index (χ0) is 21.5. The first-order chi connectivity index (χ1) is 15.2. The molecule has 0 aromatic heterocycles. The molecular formula is C25H32N2O4. The van der Waals surface area contributed by atoms with Crippen molar-refractivity contribution in [3.05, 3.63) is 59.6 Å². The monoisotopic (exact) mass is 424 g/mol. The number of nitrogens with zero attached hydrogens (tertiary/aromatic N) is 2. The SMILES string of the molecule is COC1=CC(COC2=CC(=O)N(c3ccc(OCCN4CCCC4)cc3)CC2)=CCC1. The van der Waals surface area contributed by atoms with Gasteiger partial charge in [0.2, 0.25) is 0 Å². The van der Waals surface area contributed by atoms with Crippen molar-refractivity contribution >= 4 is 11.6 Å². The summed E-state index contributed by atoms with van der Waals surface area (Å²) in [5.41, 5.74) is 1.98. The van der Waals surface area contributed by atoms with E-state index in [1.165, 1.54) is 25.9 Å². The van der Waals surface area contributed by atoms with Crippen LogP contribution in [0.3, 0.4) is 0 Å². The molecule has 0 saturated carbocycles. The van der Waals surface area contributed by atoms with E-state index in [1.807, 2.05) is 30.3 Å². The van der Waals surface area contributed by atoms with Crippen LogP contribution in [0.5, 0.6) is 5.75 Å². The number of amides is 1. The number of carbonyl (C=O) groups excluding carboxylic acids is 1. The third-order valence-electron chi connectivity index (χ3n) is 5.99. The number of hydrogen-bond donors (Lipinski definition) is 0. The Morgan fingerprint density at radius 1 is 0.935 bits per heavy atom. The van der Waals surface area contributed by atoms with Crippen LogP contribution in [0, 0.1) is 0 Å². The van der Waals surface area contributed by atoms with Gasteiger partial charge in [-0.05, 0) is 68.3 Å². The summed E-state index contributed by atoms with van der Waals surface area (Å²) in [4.78, 5) is 16.9. The molecule has 3 aliphatic rings. The Morgan fingerprint density at radius 2 is 1.74 bits per heavy atom. The average molecular weight is 425 g/mol. The fourth-order valence-corrected chi connectivity index (χ4v) is 4.19. The molecule has 0 bridgehead atoms. The second-order valence-corrected chi connectivity index (χ2v) is 8.16. The predicted molar refractivity (Wildman–Crippen MR) is 121 cm³/mol. The van der Waals surface area contributed by atoms with E-state index in [1.54, 1.807) is 18.1 Å². The van der Waals surface area contributed by atoms with Crippen molar-refractivity contribution in [1.82, 2.24) is 4.90 Å². The molecule has 6 nitrogen and oxygen atoms in total. The van der Waals surface area contributed by atoms with Crippen LogP contribution in [-0.4, -0.2) is 57.3 Å². The molecule has 31 heavy (non-hydrogen) atoms. The minimum Gasteiger partial charge on any atom is -0.501 e. The Morgan fingerprint density at radius 3 is 2.48 bits per heavy atom. The Bertz CT molecular complexity index is 851. The van der Waals surface area contributed by atoms with Crippen LogP contribution in [0.25, 0.3) is 0 Å². The van der Waals surface area contributed by atoms with Gasteiger partial charge in [0.25, 0.3) is 5.91 Å². The molecule has 0 atom stereocenters. The zero-order valence-electron chi connectivity index (χ0n) is 18.3. The lowest BCUT2D eigenvalue weighted by Crippen LogP contribution is -2.34. The van der Waals surface area contributed by atoms with Crippen molar-refractivity contribution in [2.24, 2.45) is 0 Å². The van der Waals surface area contributed by atoms with Gasteiger partial charge < -0.3 is 19.1 Å². The summed E-state index contributed by atoms with van der Waals surface area (Å²) in [6, 6.07) is 7.79. The third kappa shape index (κ3) is 5.91. The lowest BCUT2D eigenvalue weighted by Gasteiger charge is -2.27. The number of rotatable bonds is 9. The molecule has 1 fully saturated rings. The number of anilines is 1. The van der Waals surface area contributed by atoms with Gasteiger partial charge in [0.1, 0.15) is 24.7 Å². The van der Waals surface area contributed by atoms with Gasteiger partial charge in [0.15, 0.2) is 0 Å². The van der Waals surface area contributed by atoms with Crippen molar-refractivity contribution in [3.8, 4) is 5.75 Å². The number of allylic oxidation sites excluding steroid dienone is 2. The summed E-state index contributed by atoms with van der Waals surface area (Å²) in [7, 11) is 1.69. The first kappa shape index (κ1) is 21.5. The van der Waals surface area contributed by atoms with Gasteiger partial charge in [-0.3, -0.25) is 9.69 Å². The highest BCUT2D eigenvalue weighted by Crippen LogP contribution is 2.25. The molecule has 1 amide bonds. The topological polar surface area (TPSA) is 51.2 Å². The number of ether oxygens (including phenoxy) is 3. The minimum absolute atomic E-state index is 0.0466. The molecule has 2 aliphatic heterocycles. The van der Waals surface area contributed by atoms with E-state index in [0.717, 1.165) is 47.9 Å². The van der Waals surface area contributed by atoms with Gasteiger partial charge in [0, 0.05) is 37.7 Å². The number of carbonyl (C=O) groups is 1. The fourth-order valence-electron chi connectivity index (χ4n) is 4.19. The molecule has 4 rings (SSSR count). The minimum atomic E-state index is -0.0466. The molecule has 1 saturated heterocycles. The van der Waals surface area contributed by atoms with Crippen molar-refractivity contribution in [3.63, 3.8) is 0 Å². The van der Waals surface area contributed by atoms with E-state index < -0.39 is 0 Å². The summed E-state index contributed by atoms with van der Waals surface area (Å²) in [6.07, 6.45) is 11.0. The van der Waals surface area contributed by atoms with Crippen LogP contribution in [0.4, 0.5) is 5.69 Å². The molecule has 0 N–H and O–H groups in total. The van der Waals surface area contributed by atoms with Crippen LogP contribution in [0.15, 0.2) is 59.6 Å². The van der Waals surface area contributed by atoms with E-state index in [9.17, 15) is 4.79 Å². The van der Waals surface area contributed by atoms with Crippen LogP contribution < -0.4 is 9.64 Å². The fraction of sp³-hybridized carbons (Fsp3) is 0.480. The van der Waals surface area contributed by atoms with Crippen molar-refractivity contribution in [2.45, 2.75) is 32.1 Å². The first-order valence-electron chi connectivity index (χ1n) is 11.2. The standard InChI is InChI=1S/C25H32N2O4/c1-29-23-6-4-5-20(17-23)19-31-24-11-14-27(25(28)18-24)21-7-9-22(10-8-21)30-16-15-26-12-2-3-13-26/h5,7-10,17-18H,2-4,6,11-16,19H2,1H3. The highest BCUT2D eigenvalue weighted by Gasteiger charge is 2.21. The van der Waals surface area contributed by atoms with Crippen molar-refractivity contribution in [2.75, 3.05) is 51.4 Å². The van der Waals surface area contributed by atoms with E-state index in [-0.39, 0.29) is 5.91 Å². The Kier molecular flexibility index (Phi) is 7.30. The summed E-state index contributed by atoms with van der Waals surface area (Å²) in [5, 5.41) is 0. The average Bonchev–Trinajstić information content (AvgIpc) is 3.32.